The standard InChI is InChI=1S/C17H20N2O/c1-12-6-5-7-13(10-12)11-16-18-15-9-4-2-3-8-14(15)17(20)19-16/h5-7,10H,2-4,8-9,11H2,1H3,(H,18,19,20). The highest BCUT2D eigenvalue weighted by Crippen LogP contribution is 2.16. The molecular weight excluding hydrogens is 248 g/mol. The fourth-order valence-electron chi connectivity index (χ4n) is 2.93. The maximum Gasteiger partial charge on any atom is 0.254 e. The van der Waals surface area contributed by atoms with Gasteiger partial charge in [-0.2, -0.15) is 0 Å². The highest BCUT2D eigenvalue weighted by molar-refractivity contribution is 5.26. The van der Waals surface area contributed by atoms with Gasteiger partial charge in [-0.3, -0.25) is 4.79 Å². The van der Waals surface area contributed by atoms with Crippen LogP contribution in [0.1, 0.15) is 47.5 Å². The number of aryl methyl sites for hydroxylation is 2. The zero-order valence-corrected chi connectivity index (χ0v) is 11.9. The monoisotopic (exact) mass is 268 g/mol. The first kappa shape index (κ1) is 13.1. The van der Waals surface area contributed by atoms with E-state index in [4.69, 9.17) is 4.98 Å². The predicted octanol–water partition coefficient (Wildman–Crippen LogP) is 2.94. The maximum absolute atomic E-state index is 12.2. The van der Waals surface area contributed by atoms with Gasteiger partial charge >= 0.3 is 0 Å². The first-order valence-electron chi connectivity index (χ1n) is 7.39. The van der Waals surface area contributed by atoms with E-state index in [1.165, 1.54) is 17.5 Å². The number of aromatic nitrogens is 2. The van der Waals surface area contributed by atoms with Crippen LogP contribution in [0.4, 0.5) is 0 Å². The first-order valence-corrected chi connectivity index (χ1v) is 7.39. The van der Waals surface area contributed by atoms with Gasteiger partial charge in [-0.05, 0) is 38.2 Å². The summed E-state index contributed by atoms with van der Waals surface area (Å²) in [5.41, 5.74) is 4.44. The molecule has 0 unspecified atom stereocenters. The highest BCUT2D eigenvalue weighted by atomic mass is 16.1. The van der Waals surface area contributed by atoms with E-state index in [0.717, 1.165) is 42.8 Å². The zero-order valence-electron chi connectivity index (χ0n) is 11.9. The molecule has 1 heterocycles. The number of H-pyrrole nitrogens is 1. The molecule has 0 spiro atoms. The van der Waals surface area contributed by atoms with E-state index in [9.17, 15) is 4.79 Å². The van der Waals surface area contributed by atoms with Crippen LogP contribution in [0.2, 0.25) is 0 Å². The van der Waals surface area contributed by atoms with Crippen LogP contribution in [0.5, 0.6) is 0 Å². The second-order valence-corrected chi connectivity index (χ2v) is 5.66. The first-order chi connectivity index (χ1) is 9.72. The third-order valence-electron chi connectivity index (χ3n) is 3.94. The van der Waals surface area contributed by atoms with E-state index in [2.05, 4.69) is 30.1 Å². The number of hydrogen-bond donors (Lipinski definition) is 1. The molecule has 104 valence electrons. The van der Waals surface area contributed by atoms with Crippen LogP contribution in [-0.2, 0) is 19.3 Å². The lowest BCUT2D eigenvalue weighted by molar-refractivity contribution is 0.708. The summed E-state index contributed by atoms with van der Waals surface area (Å²) in [4.78, 5) is 19.9. The normalized spacial score (nSPS) is 14.7. The summed E-state index contributed by atoms with van der Waals surface area (Å²) in [6.45, 7) is 2.08. The summed E-state index contributed by atoms with van der Waals surface area (Å²) in [6.07, 6.45) is 5.97. The number of benzene rings is 1. The van der Waals surface area contributed by atoms with Gasteiger partial charge in [0.25, 0.3) is 5.56 Å². The summed E-state index contributed by atoms with van der Waals surface area (Å²) >= 11 is 0. The number of rotatable bonds is 2. The van der Waals surface area contributed by atoms with Crippen LogP contribution in [0.3, 0.4) is 0 Å². The van der Waals surface area contributed by atoms with Crippen LogP contribution < -0.4 is 5.56 Å². The van der Waals surface area contributed by atoms with Crippen molar-refractivity contribution in [2.75, 3.05) is 0 Å². The molecule has 0 saturated heterocycles. The molecule has 0 amide bonds. The molecule has 0 radical (unpaired) electrons. The summed E-state index contributed by atoms with van der Waals surface area (Å²) in [7, 11) is 0. The van der Waals surface area contributed by atoms with Gasteiger partial charge in [-0.15, -0.1) is 0 Å². The summed E-state index contributed by atoms with van der Waals surface area (Å²) in [5, 5.41) is 0. The fraction of sp³-hybridized carbons (Fsp3) is 0.412. The van der Waals surface area contributed by atoms with Crippen LogP contribution in [0.15, 0.2) is 29.1 Å². The Hall–Kier alpha value is -1.90. The van der Waals surface area contributed by atoms with E-state index in [1.54, 1.807) is 0 Å². The van der Waals surface area contributed by atoms with E-state index in [-0.39, 0.29) is 5.56 Å². The van der Waals surface area contributed by atoms with Crippen molar-refractivity contribution in [2.24, 2.45) is 0 Å². The van der Waals surface area contributed by atoms with E-state index in [0.29, 0.717) is 6.42 Å². The lowest BCUT2D eigenvalue weighted by Gasteiger charge is -2.08. The minimum Gasteiger partial charge on any atom is -0.310 e. The molecule has 1 aromatic heterocycles. The van der Waals surface area contributed by atoms with Gasteiger partial charge in [-0.1, -0.05) is 36.2 Å². The molecule has 0 aliphatic heterocycles. The number of hydrogen-bond acceptors (Lipinski definition) is 2. The van der Waals surface area contributed by atoms with Gasteiger partial charge in [0.05, 0.1) is 5.69 Å². The molecule has 3 nitrogen and oxygen atoms in total. The van der Waals surface area contributed by atoms with Crippen molar-refractivity contribution >= 4 is 0 Å². The average molecular weight is 268 g/mol. The van der Waals surface area contributed by atoms with E-state index >= 15 is 0 Å². The van der Waals surface area contributed by atoms with Crippen LogP contribution >= 0.6 is 0 Å². The third kappa shape index (κ3) is 2.82. The SMILES string of the molecule is Cc1cccc(Cc2nc3c(c(=O)[nH]2)CCCCC3)c1. The van der Waals surface area contributed by atoms with Gasteiger partial charge in [0.2, 0.25) is 0 Å². The molecule has 0 fully saturated rings. The quantitative estimate of drug-likeness (QED) is 0.851. The molecule has 0 saturated carbocycles. The Morgan fingerprint density at radius 1 is 1.20 bits per heavy atom. The molecule has 0 atom stereocenters. The minimum atomic E-state index is 0.0690. The molecule has 3 heteroatoms. The molecular formula is C17H20N2O. The molecule has 1 aromatic carbocycles. The van der Waals surface area contributed by atoms with Gasteiger partial charge in [0.1, 0.15) is 5.82 Å². The second kappa shape index (κ2) is 5.61. The second-order valence-electron chi connectivity index (χ2n) is 5.66. The predicted molar refractivity (Wildman–Crippen MR) is 80.1 cm³/mol. The number of aromatic amines is 1. The Balaban J connectivity index is 1.93. The molecule has 1 aliphatic carbocycles. The van der Waals surface area contributed by atoms with Crippen molar-refractivity contribution in [3.8, 4) is 0 Å². The topological polar surface area (TPSA) is 45.8 Å². The van der Waals surface area contributed by atoms with E-state index in [1.807, 2.05) is 6.07 Å². The van der Waals surface area contributed by atoms with Crippen molar-refractivity contribution in [1.82, 2.24) is 9.97 Å². The molecule has 3 rings (SSSR count). The van der Waals surface area contributed by atoms with Crippen molar-refractivity contribution in [2.45, 2.75) is 45.4 Å². The smallest absolute Gasteiger partial charge is 0.254 e. The van der Waals surface area contributed by atoms with Crippen LogP contribution in [0.25, 0.3) is 0 Å². The summed E-state index contributed by atoms with van der Waals surface area (Å²) < 4.78 is 0. The molecule has 0 bridgehead atoms. The Morgan fingerprint density at radius 3 is 2.90 bits per heavy atom. The Labute approximate surface area is 119 Å². The lowest BCUT2D eigenvalue weighted by atomic mass is 10.1. The van der Waals surface area contributed by atoms with Crippen molar-refractivity contribution in [3.05, 3.63) is 62.8 Å². The molecule has 2 aromatic rings. The van der Waals surface area contributed by atoms with Gasteiger partial charge in [0.15, 0.2) is 0 Å². The lowest BCUT2D eigenvalue weighted by Crippen LogP contribution is -2.19. The summed E-state index contributed by atoms with van der Waals surface area (Å²) in [6, 6.07) is 8.35. The minimum absolute atomic E-state index is 0.0690. The Bertz CT molecular complexity index is 673. The fourth-order valence-corrected chi connectivity index (χ4v) is 2.93. The average Bonchev–Trinajstić information content (AvgIpc) is 2.64. The van der Waals surface area contributed by atoms with Crippen LogP contribution in [0, 0.1) is 6.92 Å². The maximum atomic E-state index is 12.2. The van der Waals surface area contributed by atoms with Crippen LogP contribution in [-0.4, -0.2) is 9.97 Å². The summed E-state index contributed by atoms with van der Waals surface area (Å²) in [5.74, 6) is 0.793. The molecule has 1 aliphatic rings. The van der Waals surface area contributed by atoms with Gasteiger partial charge in [0, 0.05) is 12.0 Å². The van der Waals surface area contributed by atoms with Crippen molar-refractivity contribution in [3.63, 3.8) is 0 Å². The molecule has 1 N–H and O–H groups in total. The highest BCUT2D eigenvalue weighted by Gasteiger charge is 2.14. The van der Waals surface area contributed by atoms with Gasteiger partial charge in [-0.25, -0.2) is 4.98 Å². The third-order valence-corrected chi connectivity index (χ3v) is 3.94. The van der Waals surface area contributed by atoms with E-state index < -0.39 is 0 Å². The Kier molecular flexibility index (Phi) is 3.68. The van der Waals surface area contributed by atoms with Gasteiger partial charge < -0.3 is 4.98 Å². The zero-order chi connectivity index (χ0) is 13.9. The van der Waals surface area contributed by atoms with Crippen molar-refractivity contribution < 1.29 is 0 Å². The Morgan fingerprint density at radius 2 is 2.05 bits per heavy atom. The number of fused-ring (bicyclic) bond motifs is 1. The molecule has 20 heavy (non-hydrogen) atoms. The number of nitrogens with zero attached hydrogens (tertiary/aromatic N) is 1. The van der Waals surface area contributed by atoms with Crippen molar-refractivity contribution in [1.29, 1.82) is 0 Å². The largest absolute Gasteiger partial charge is 0.310 e. The number of nitrogens with one attached hydrogen (secondary N) is 1.